The number of rotatable bonds is 2. The van der Waals surface area contributed by atoms with Crippen molar-refractivity contribution in [1.29, 1.82) is 0 Å². The van der Waals surface area contributed by atoms with Gasteiger partial charge in [-0.25, -0.2) is 12.8 Å². The third-order valence-corrected chi connectivity index (χ3v) is 5.85. The van der Waals surface area contributed by atoms with Crippen molar-refractivity contribution in [3.63, 3.8) is 0 Å². The third kappa shape index (κ3) is 3.12. The fourth-order valence-electron chi connectivity index (χ4n) is 2.51. The first-order valence-electron chi connectivity index (χ1n) is 6.78. The first-order chi connectivity index (χ1) is 9.22. The van der Waals surface area contributed by atoms with E-state index in [0.29, 0.717) is 13.1 Å². The fourth-order valence-corrected chi connectivity index (χ4v) is 4.12. The normalized spacial score (nSPS) is 20.6. The molecule has 112 valence electrons. The van der Waals surface area contributed by atoms with Gasteiger partial charge in [0.1, 0.15) is 10.7 Å². The Morgan fingerprint density at radius 1 is 1.25 bits per heavy atom. The second-order valence-electron chi connectivity index (χ2n) is 6.10. The van der Waals surface area contributed by atoms with E-state index in [4.69, 9.17) is 5.73 Å². The van der Waals surface area contributed by atoms with Crippen LogP contribution in [0.3, 0.4) is 0 Å². The van der Waals surface area contributed by atoms with Crippen molar-refractivity contribution < 1.29 is 12.8 Å². The largest absolute Gasteiger partial charge is 0.398 e. The summed E-state index contributed by atoms with van der Waals surface area (Å²) >= 11 is 0. The minimum absolute atomic E-state index is 0.0925. The molecule has 1 aromatic rings. The van der Waals surface area contributed by atoms with E-state index in [1.165, 1.54) is 16.4 Å². The average Bonchev–Trinajstić information content (AvgIpc) is 2.53. The van der Waals surface area contributed by atoms with Crippen molar-refractivity contribution >= 4 is 15.7 Å². The number of sulfonamides is 1. The molecule has 4 nitrogen and oxygen atoms in total. The van der Waals surface area contributed by atoms with Crippen LogP contribution < -0.4 is 5.73 Å². The summed E-state index contributed by atoms with van der Waals surface area (Å²) in [4.78, 5) is -0.128. The molecule has 0 spiro atoms. The Bertz CT molecular complexity index is 599. The van der Waals surface area contributed by atoms with E-state index in [2.05, 4.69) is 13.8 Å². The van der Waals surface area contributed by atoms with Crippen LogP contribution in [0.5, 0.6) is 0 Å². The number of halogens is 1. The summed E-state index contributed by atoms with van der Waals surface area (Å²) in [7, 11) is -3.72. The molecular weight excluding hydrogens is 279 g/mol. The Kier molecular flexibility index (Phi) is 4.07. The highest BCUT2D eigenvalue weighted by Gasteiger charge is 2.31. The molecule has 1 aliphatic heterocycles. The quantitative estimate of drug-likeness (QED) is 0.854. The summed E-state index contributed by atoms with van der Waals surface area (Å²) < 4.78 is 39.9. The minimum Gasteiger partial charge on any atom is -0.398 e. The van der Waals surface area contributed by atoms with Crippen molar-refractivity contribution in [2.45, 2.75) is 38.0 Å². The molecule has 0 amide bonds. The number of nitrogens with zero attached hydrogens (tertiary/aromatic N) is 1. The van der Waals surface area contributed by atoms with Gasteiger partial charge in [-0.05, 0) is 42.9 Å². The molecule has 2 N–H and O–H groups in total. The maximum atomic E-state index is 13.3. The highest BCUT2D eigenvalue weighted by atomic mass is 32.2. The SMILES string of the molecule is CC1(C)CCCN(S(=O)(=O)c2cc(F)ccc2N)CC1. The summed E-state index contributed by atoms with van der Waals surface area (Å²) in [6.07, 6.45) is 2.58. The fraction of sp³-hybridized carbons (Fsp3) is 0.571. The van der Waals surface area contributed by atoms with Gasteiger partial charge in [-0.15, -0.1) is 0 Å². The maximum absolute atomic E-state index is 13.3. The number of hydrogen-bond donors (Lipinski definition) is 1. The second kappa shape index (κ2) is 5.33. The molecule has 0 atom stereocenters. The first kappa shape index (κ1) is 15.3. The first-order valence-corrected chi connectivity index (χ1v) is 8.22. The zero-order chi connectivity index (χ0) is 15.0. The van der Waals surface area contributed by atoms with Crippen LogP contribution in [0, 0.1) is 11.2 Å². The summed E-state index contributed by atoms with van der Waals surface area (Å²) in [6, 6.07) is 3.46. The van der Waals surface area contributed by atoms with E-state index in [9.17, 15) is 12.8 Å². The molecular formula is C14H21FN2O2S. The standard InChI is InChI=1S/C14H21FN2O2S/c1-14(2)6-3-8-17(9-7-14)20(18,19)13-10-11(15)4-5-12(13)16/h4-5,10H,3,6-9,16H2,1-2H3. The molecule has 2 rings (SSSR count). The molecule has 0 aromatic heterocycles. The van der Waals surface area contributed by atoms with Gasteiger partial charge < -0.3 is 5.73 Å². The van der Waals surface area contributed by atoms with Crippen LogP contribution in [0.15, 0.2) is 23.1 Å². The van der Waals surface area contributed by atoms with Gasteiger partial charge in [-0.1, -0.05) is 13.8 Å². The zero-order valence-corrected chi connectivity index (χ0v) is 12.7. The van der Waals surface area contributed by atoms with Gasteiger partial charge >= 0.3 is 0 Å². The molecule has 1 heterocycles. The lowest BCUT2D eigenvalue weighted by Crippen LogP contribution is -2.33. The number of nitrogens with two attached hydrogens (primary N) is 1. The molecule has 0 bridgehead atoms. The lowest BCUT2D eigenvalue weighted by atomic mass is 9.85. The monoisotopic (exact) mass is 300 g/mol. The van der Waals surface area contributed by atoms with Gasteiger partial charge in [0.25, 0.3) is 0 Å². The smallest absolute Gasteiger partial charge is 0.245 e. The predicted molar refractivity (Wildman–Crippen MR) is 77.2 cm³/mol. The Labute approximate surface area is 119 Å². The van der Waals surface area contributed by atoms with E-state index in [1.807, 2.05) is 0 Å². The van der Waals surface area contributed by atoms with Gasteiger partial charge in [-0.2, -0.15) is 4.31 Å². The maximum Gasteiger partial charge on any atom is 0.245 e. The summed E-state index contributed by atoms with van der Waals surface area (Å²) in [5.74, 6) is -0.590. The van der Waals surface area contributed by atoms with Gasteiger partial charge in [-0.3, -0.25) is 0 Å². The molecule has 0 aliphatic carbocycles. The average molecular weight is 300 g/mol. The topological polar surface area (TPSA) is 63.4 Å². The van der Waals surface area contributed by atoms with Gasteiger partial charge in [0, 0.05) is 13.1 Å². The van der Waals surface area contributed by atoms with E-state index < -0.39 is 15.8 Å². The lowest BCUT2D eigenvalue weighted by molar-refractivity contribution is 0.315. The number of nitrogen functional groups attached to an aromatic ring is 1. The van der Waals surface area contributed by atoms with Crippen molar-refractivity contribution in [1.82, 2.24) is 4.31 Å². The van der Waals surface area contributed by atoms with Crippen molar-refractivity contribution in [3.8, 4) is 0 Å². The van der Waals surface area contributed by atoms with Crippen LogP contribution in [0.25, 0.3) is 0 Å². The minimum atomic E-state index is -3.72. The van der Waals surface area contributed by atoms with Crippen molar-refractivity contribution in [2.24, 2.45) is 5.41 Å². The third-order valence-electron chi connectivity index (χ3n) is 3.89. The van der Waals surface area contributed by atoms with Crippen molar-refractivity contribution in [2.75, 3.05) is 18.8 Å². The second-order valence-corrected chi connectivity index (χ2v) is 8.01. The molecule has 6 heteroatoms. The van der Waals surface area contributed by atoms with Gasteiger partial charge in [0.2, 0.25) is 10.0 Å². The lowest BCUT2D eigenvalue weighted by Gasteiger charge is -2.23. The van der Waals surface area contributed by atoms with Crippen LogP contribution in [-0.4, -0.2) is 25.8 Å². The molecule has 1 saturated heterocycles. The molecule has 0 saturated carbocycles. The van der Waals surface area contributed by atoms with Crippen LogP contribution in [0.4, 0.5) is 10.1 Å². The van der Waals surface area contributed by atoms with E-state index in [1.54, 1.807) is 0 Å². The molecule has 1 aliphatic rings. The number of anilines is 1. The molecule has 0 radical (unpaired) electrons. The van der Waals surface area contributed by atoms with Crippen LogP contribution >= 0.6 is 0 Å². The van der Waals surface area contributed by atoms with Gasteiger partial charge in [0.05, 0.1) is 5.69 Å². The van der Waals surface area contributed by atoms with Crippen LogP contribution in [-0.2, 0) is 10.0 Å². The number of benzene rings is 1. The summed E-state index contributed by atoms with van der Waals surface area (Å²) in [5, 5.41) is 0. The molecule has 0 unspecified atom stereocenters. The summed E-state index contributed by atoms with van der Waals surface area (Å²) in [5.41, 5.74) is 5.93. The van der Waals surface area contributed by atoms with Crippen molar-refractivity contribution in [3.05, 3.63) is 24.0 Å². The molecule has 20 heavy (non-hydrogen) atoms. The Balaban J connectivity index is 2.33. The Hall–Kier alpha value is -1.14. The van der Waals surface area contributed by atoms with Crippen LogP contribution in [0.2, 0.25) is 0 Å². The summed E-state index contributed by atoms with van der Waals surface area (Å²) in [6.45, 7) is 5.19. The number of hydrogen-bond acceptors (Lipinski definition) is 3. The van der Waals surface area contributed by atoms with E-state index >= 15 is 0 Å². The molecule has 1 fully saturated rings. The Morgan fingerprint density at radius 3 is 2.65 bits per heavy atom. The van der Waals surface area contributed by atoms with Crippen LogP contribution in [0.1, 0.15) is 33.1 Å². The highest BCUT2D eigenvalue weighted by Crippen LogP contribution is 2.32. The predicted octanol–water partition coefficient (Wildman–Crippen LogP) is 2.61. The zero-order valence-electron chi connectivity index (χ0n) is 11.9. The highest BCUT2D eigenvalue weighted by molar-refractivity contribution is 7.89. The molecule has 1 aromatic carbocycles. The van der Waals surface area contributed by atoms with E-state index in [-0.39, 0.29) is 16.0 Å². The van der Waals surface area contributed by atoms with E-state index in [0.717, 1.165) is 25.3 Å². The Morgan fingerprint density at radius 2 is 1.95 bits per heavy atom. The van der Waals surface area contributed by atoms with Gasteiger partial charge in [0.15, 0.2) is 0 Å².